The van der Waals surface area contributed by atoms with Crippen LogP contribution in [0.1, 0.15) is 16.1 Å². The van der Waals surface area contributed by atoms with Crippen molar-refractivity contribution in [3.63, 3.8) is 0 Å². The van der Waals surface area contributed by atoms with Crippen LogP contribution in [0.4, 0.5) is 15.9 Å². The van der Waals surface area contributed by atoms with Crippen LogP contribution in [0.2, 0.25) is 0 Å². The van der Waals surface area contributed by atoms with Crippen molar-refractivity contribution in [3.8, 4) is 0 Å². The van der Waals surface area contributed by atoms with Crippen molar-refractivity contribution in [2.24, 2.45) is 7.05 Å². The normalized spacial score (nSPS) is 10.4. The standard InChI is InChI=1S/C11H11FN4O2/c1-6-9(5-16(2)15-6)14-10-8(11(17)18)3-7(12)4-13-10/h3-5H,1-2H3,(H,13,14)(H,17,18). The number of carboxylic acid groups (broad SMARTS) is 1. The molecule has 2 aromatic rings. The summed E-state index contributed by atoms with van der Waals surface area (Å²) < 4.78 is 14.5. The number of halogens is 1. The molecule has 6 nitrogen and oxygen atoms in total. The Morgan fingerprint density at radius 1 is 1.56 bits per heavy atom. The van der Waals surface area contributed by atoms with Crippen LogP contribution in [0.25, 0.3) is 0 Å². The molecule has 0 fully saturated rings. The van der Waals surface area contributed by atoms with Gasteiger partial charge in [-0.25, -0.2) is 14.2 Å². The molecular weight excluding hydrogens is 239 g/mol. The van der Waals surface area contributed by atoms with E-state index in [-0.39, 0.29) is 11.4 Å². The van der Waals surface area contributed by atoms with E-state index in [4.69, 9.17) is 5.11 Å². The minimum Gasteiger partial charge on any atom is -0.478 e. The van der Waals surface area contributed by atoms with E-state index in [1.54, 1.807) is 24.9 Å². The lowest BCUT2D eigenvalue weighted by Crippen LogP contribution is -2.05. The molecule has 0 unspecified atom stereocenters. The second-order valence-electron chi connectivity index (χ2n) is 3.78. The van der Waals surface area contributed by atoms with E-state index in [1.807, 2.05) is 0 Å². The minimum absolute atomic E-state index is 0.0833. The van der Waals surface area contributed by atoms with Gasteiger partial charge in [-0.15, -0.1) is 0 Å². The number of hydrogen-bond acceptors (Lipinski definition) is 4. The summed E-state index contributed by atoms with van der Waals surface area (Å²) in [4.78, 5) is 14.7. The van der Waals surface area contributed by atoms with Gasteiger partial charge in [-0.1, -0.05) is 0 Å². The molecule has 0 atom stereocenters. The first kappa shape index (κ1) is 12.0. The predicted octanol–water partition coefficient (Wildman–Crippen LogP) is 1.70. The topological polar surface area (TPSA) is 80.0 Å². The van der Waals surface area contributed by atoms with Crippen LogP contribution < -0.4 is 5.32 Å². The molecule has 0 aromatic carbocycles. The molecule has 2 rings (SSSR count). The van der Waals surface area contributed by atoms with Gasteiger partial charge in [0.05, 0.1) is 17.6 Å². The molecule has 0 saturated carbocycles. The molecule has 2 heterocycles. The van der Waals surface area contributed by atoms with E-state index in [9.17, 15) is 9.18 Å². The molecule has 0 saturated heterocycles. The van der Waals surface area contributed by atoms with E-state index >= 15 is 0 Å². The van der Waals surface area contributed by atoms with E-state index < -0.39 is 11.8 Å². The van der Waals surface area contributed by atoms with Crippen LogP contribution >= 0.6 is 0 Å². The number of carbonyl (C=O) groups is 1. The molecular formula is C11H11FN4O2. The molecule has 0 bridgehead atoms. The van der Waals surface area contributed by atoms with Crippen LogP contribution in [0.3, 0.4) is 0 Å². The highest BCUT2D eigenvalue weighted by atomic mass is 19.1. The first-order chi connectivity index (χ1) is 8.47. The summed E-state index contributed by atoms with van der Waals surface area (Å²) in [6.07, 6.45) is 2.65. The zero-order valence-corrected chi connectivity index (χ0v) is 9.81. The quantitative estimate of drug-likeness (QED) is 0.866. The summed E-state index contributed by atoms with van der Waals surface area (Å²) in [6, 6.07) is 0.920. The summed E-state index contributed by atoms with van der Waals surface area (Å²) in [5, 5.41) is 15.9. The van der Waals surface area contributed by atoms with Crippen LogP contribution in [-0.4, -0.2) is 25.8 Å². The zero-order valence-electron chi connectivity index (χ0n) is 9.81. The Morgan fingerprint density at radius 2 is 2.28 bits per heavy atom. The summed E-state index contributed by atoms with van der Waals surface area (Å²) >= 11 is 0. The molecule has 94 valence electrons. The number of aromatic carboxylic acids is 1. The van der Waals surface area contributed by atoms with Gasteiger partial charge < -0.3 is 10.4 Å². The van der Waals surface area contributed by atoms with Crippen LogP contribution in [-0.2, 0) is 7.05 Å². The average Bonchev–Trinajstić information content (AvgIpc) is 2.60. The molecule has 2 aromatic heterocycles. The highest BCUT2D eigenvalue weighted by molar-refractivity contribution is 5.93. The fourth-order valence-electron chi connectivity index (χ4n) is 1.55. The fraction of sp³-hybridized carbons (Fsp3) is 0.182. The monoisotopic (exact) mass is 250 g/mol. The summed E-state index contributed by atoms with van der Waals surface area (Å²) in [7, 11) is 1.74. The van der Waals surface area contributed by atoms with Crippen molar-refractivity contribution in [1.82, 2.24) is 14.8 Å². The van der Waals surface area contributed by atoms with Crippen LogP contribution in [0, 0.1) is 12.7 Å². The van der Waals surface area contributed by atoms with Gasteiger partial charge >= 0.3 is 5.97 Å². The maximum Gasteiger partial charge on any atom is 0.339 e. The van der Waals surface area contributed by atoms with Gasteiger partial charge in [-0.05, 0) is 13.0 Å². The highest BCUT2D eigenvalue weighted by Crippen LogP contribution is 2.21. The number of hydrogen-bond donors (Lipinski definition) is 2. The van der Waals surface area contributed by atoms with Gasteiger partial charge in [0, 0.05) is 13.2 Å². The van der Waals surface area contributed by atoms with Crippen molar-refractivity contribution in [2.45, 2.75) is 6.92 Å². The number of rotatable bonds is 3. The Kier molecular flexibility index (Phi) is 2.97. The Bertz CT molecular complexity index is 609. The highest BCUT2D eigenvalue weighted by Gasteiger charge is 2.14. The Balaban J connectivity index is 2.40. The maximum absolute atomic E-state index is 13.0. The Hall–Kier alpha value is -2.44. The summed E-state index contributed by atoms with van der Waals surface area (Å²) in [5.41, 5.74) is 1.09. The smallest absolute Gasteiger partial charge is 0.339 e. The third-order valence-corrected chi connectivity index (χ3v) is 2.35. The van der Waals surface area contributed by atoms with Gasteiger partial charge in [-0.3, -0.25) is 4.68 Å². The largest absolute Gasteiger partial charge is 0.478 e. The first-order valence-electron chi connectivity index (χ1n) is 5.13. The molecule has 0 aliphatic carbocycles. The first-order valence-corrected chi connectivity index (χ1v) is 5.13. The van der Waals surface area contributed by atoms with E-state index in [0.29, 0.717) is 11.4 Å². The third-order valence-electron chi connectivity index (χ3n) is 2.35. The average molecular weight is 250 g/mol. The lowest BCUT2D eigenvalue weighted by molar-refractivity contribution is 0.0697. The van der Waals surface area contributed by atoms with Crippen molar-refractivity contribution in [1.29, 1.82) is 0 Å². The predicted molar refractivity (Wildman–Crippen MR) is 62.4 cm³/mol. The van der Waals surface area contributed by atoms with E-state index in [1.165, 1.54) is 0 Å². The third kappa shape index (κ3) is 2.29. The van der Waals surface area contributed by atoms with Gasteiger partial charge in [0.25, 0.3) is 0 Å². The van der Waals surface area contributed by atoms with Gasteiger partial charge in [0.15, 0.2) is 0 Å². The van der Waals surface area contributed by atoms with Crippen molar-refractivity contribution >= 4 is 17.5 Å². The summed E-state index contributed by atoms with van der Waals surface area (Å²) in [5.74, 6) is -1.85. The lowest BCUT2D eigenvalue weighted by atomic mass is 10.2. The zero-order chi connectivity index (χ0) is 13.3. The Morgan fingerprint density at radius 3 is 2.83 bits per heavy atom. The number of carboxylic acids is 1. The summed E-state index contributed by atoms with van der Waals surface area (Å²) in [6.45, 7) is 1.77. The fourth-order valence-corrected chi connectivity index (χ4v) is 1.55. The van der Waals surface area contributed by atoms with Crippen LogP contribution in [0.15, 0.2) is 18.5 Å². The second-order valence-corrected chi connectivity index (χ2v) is 3.78. The number of pyridine rings is 1. The number of aryl methyl sites for hydroxylation is 2. The molecule has 7 heteroatoms. The van der Waals surface area contributed by atoms with Crippen molar-refractivity contribution in [2.75, 3.05) is 5.32 Å². The lowest BCUT2D eigenvalue weighted by Gasteiger charge is -2.07. The number of nitrogens with one attached hydrogen (secondary N) is 1. The molecule has 0 amide bonds. The van der Waals surface area contributed by atoms with Gasteiger partial charge in [0.1, 0.15) is 17.2 Å². The van der Waals surface area contributed by atoms with Crippen molar-refractivity contribution < 1.29 is 14.3 Å². The molecule has 0 aliphatic heterocycles. The number of nitrogens with zero attached hydrogens (tertiary/aromatic N) is 3. The number of anilines is 2. The molecule has 0 aliphatic rings. The van der Waals surface area contributed by atoms with E-state index in [2.05, 4.69) is 15.4 Å². The molecule has 0 spiro atoms. The van der Waals surface area contributed by atoms with Crippen molar-refractivity contribution in [3.05, 3.63) is 35.5 Å². The van der Waals surface area contributed by atoms with Crippen LogP contribution in [0.5, 0.6) is 0 Å². The SMILES string of the molecule is Cc1nn(C)cc1Nc1ncc(F)cc1C(=O)O. The Labute approximate surface area is 102 Å². The maximum atomic E-state index is 13.0. The molecule has 18 heavy (non-hydrogen) atoms. The number of aromatic nitrogens is 3. The second kappa shape index (κ2) is 4.44. The van der Waals surface area contributed by atoms with Gasteiger partial charge in [0.2, 0.25) is 0 Å². The van der Waals surface area contributed by atoms with Gasteiger partial charge in [-0.2, -0.15) is 5.10 Å². The minimum atomic E-state index is -1.24. The molecule has 2 N–H and O–H groups in total. The van der Waals surface area contributed by atoms with E-state index in [0.717, 1.165) is 12.3 Å². The molecule has 0 radical (unpaired) electrons.